The Kier molecular flexibility index (Phi) is 5.97. The van der Waals surface area contributed by atoms with E-state index in [1.807, 2.05) is 0 Å². The van der Waals surface area contributed by atoms with E-state index in [1.165, 1.54) is 36.8 Å². The molecule has 1 fully saturated rings. The first-order chi connectivity index (χ1) is 13.7. The molecule has 1 saturated heterocycles. The molecule has 2 atom stereocenters. The number of carbonyl (C=O) groups excluding carboxylic acids is 4. The molecule has 0 bridgehead atoms. The van der Waals surface area contributed by atoms with Crippen LogP contribution < -0.4 is 0 Å². The summed E-state index contributed by atoms with van der Waals surface area (Å²) in [4.78, 5) is 53.3. The average molecular weight is 418 g/mol. The maximum atomic E-state index is 12.6. The number of thioether (sulfide) groups is 1. The Labute approximate surface area is 172 Å². The molecule has 0 saturated carbocycles. The molecular formula is C20H22N2O6S. The number of aromatic nitrogens is 1. The number of hydrogen-bond acceptors (Lipinski definition) is 7. The van der Waals surface area contributed by atoms with Crippen molar-refractivity contribution in [2.75, 3.05) is 12.4 Å². The summed E-state index contributed by atoms with van der Waals surface area (Å²) in [7, 11) is 0. The molecule has 2 aromatic heterocycles. The summed E-state index contributed by atoms with van der Waals surface area (Å²) in [6, 6.07) is 2.65. The van der Waals surface area contributed by atoms with Gasteiger partial charge in [0, 0.05) is 23.9 Å². The molecule has 1 aliphatic rings. The van der Waals surface area contributed by atoms with Crippen LogP contribution in [0.4, 0.5) is 0 Å². The first-order valence-electron chi connectivity index (χ1n) is 9.06. The van der Waals surface area contributed by atoms with Crippen molar-refractivity contribution in [1.82, 2.24) is 9.88 Å². The van der Waals surface area contributed by atoms with Crippen molar-refractivity contribution in [2.24, 2.45) is 0 Å². The summed E-state index contributed by atoms with van der Waals surface area (Å²) < 4.78 is 10.6. The fourth-order valence-electron chi connectivity index (χ4n) is 3.59. The minimum Gasteiger partial charge on any atom is -0.466 e. The second-order valence-electron chi connectivity index (χ2n) is 6.86. The number of nitrogens with zero attached hydrogens (tertiary/aromatic N) is 1. The molecule has 1 amide bonds. The van der Waals surface area contributed by atoms with E-state index in [2.05, 4.69) is 4.98 Å². The maximum absolute atomic E-state index is 12.6. The summed E-state index contributed by atoms with van der Waals surface area (Å²) in [6.07, 6.45) is 1.51. The van der Waals surface area contributed by atoms with Gasteiger partial charge in [0.1, 0.15) is 17.2 Å². The molecule has 9 heteroatoms. The predicted octanol–water partition coefficient (Wildman–Crippen LogP) is 2.82. The zero-order valence-electron chi connectivity index (χ0n) is 16.6. The SMILES string of the molecule is CC(=O)c1c(C)[nH]c(C(=O)COC(=O)[C@H]2CS[C@H](c3ccco3)N2C(C)=O)c1C. The van der Waals surface area contributed by atoms with Gasteiger partial charge < -0.3 is 19.0 Å². The molecule has 0 aliphatic carbocycles. The monoisotopic (exact) mass is 418 g/mol. The highest BCUT2D eigenvalue weighted by Gasteiger charge is 2.43. The highest BCUT2D eigenvalue weighted by molar-refractivity contribution is 7.99. The molecule has 0 unspecified atom stereocenters. The molecule has 29 heavy (non-hydrogen) atoms. The fraction of sp³-hybridized carbons (Fsp3) is 0.400. The number of H-pyrrole nitrogens is 1. The minimum atomic E-state index is -0.806. The van der Waals surface area contributed by atoms with Gasteiger partial charge in [-0.2, -0.15) is 0 Å². The molecule has 1 aliphatic heterocycles. The number of amides is 1. The number of nitrogens with one attached hydrogen (secondary N) is 1. The van der Waals surface area contributed by atoms with Crippen molar-refractivity contribution in [1.29, 1.82) is 0 Å². The number of hydrogen-bond donors (Lipinski definition) is 1. The van der Waals surface area contributed by atoms with E-state index in [4.69, 9.17) is 9.15 Å². The Hall–Kier alpha value is -2.81. The largest absolute Gasteiger partial charge is 0.466 e. The quantitative estimate of drug-likeness (QED) is 0.567. The predicted molar refractivity (Wildman–Crippen MR) is 106 cm³/mol. The number of carbonyl (C=O) groups is 4. The van der Waals surface area contributed by atoms with Crippen LogP contribution in [0.25, 0.3) is 0 Å². The first kappa shape index (κ1) is 20.9. The van der Waals surface area contributed by atoms with Crippen LogP contribution in [0.2, 0.25) is 0 Å². The topological polar surface area (TPSA) is 110 Å². The van der Waals surface area contributed by atoms with Crippen molar-refractivity contribution in [3.05, 3.63) is 46.7 Å². The third-order valence-electron chi connectivity index (χ3n) is 4.84. The van der Waals surface area contributed by atoms with Gasteiger partial charge in [-0.15, -0.1) is 11.8 Å². The smallest absolute Gasteiger partial charge is 0.330 e. The number of furan rings is 1. The molecular weight excluding hydrogens is 396 g/mol. The maximum Gasteiger partial charge on any atom is 0.330 e. The van der Waals surface area contributed by atoms with Crippen molar-refractivity contribution in [3.63, 3.8) is 0 Å². The summed E-state index contributed by atoms with van der Waals surface area (Å²) in [6.45, 7) is 5.72. The van der Waals surface area contributed by atoms with Gasteiger partial charge in [-0.3, -0.25) is 14.4 Å². The van der Waals surface area contributed by atoms with Crippen molar-refractivity contribution in [2.45, 2.75) is 39.1 Å². The van der Waals surface area contributed by atoms with Crippen LogP contribution in [0.1, 0.15) is 57.1 Å². The third kappa shape index (κ3) is 4.00. The van der Waals surface area contributed by atoms with Crippen LogP contribution in [0.3, 0.4) is 0 Å². The lowest BCUT2D eigenvalue weighted by Gasteiger charge is -2.25. The molecule has 0 aromatic carbocycles. The molecule has 0 radical (unpaired) electrons. The van der Waals surface area contributed by atoms with E-state index < -0.39 is 29.8 Å². The molecule has 1 N–H and O–H groups in total. The number of ketones is 2. The van der Waals surface area contributed by atoms with E-state index in [9.17, 15) is 19.2 Å². The summed E-state index contributed by atoms with van der Waals surface area (Å²) in [5.74, 6) is -0.599. The van der Waals surface area contributed by atoms with Crippen LogP contribution in [0.5, 0.6) is 0 Å². The van der Waals surface area contributed by atoms with Crippen LogP contribution in [0.15, 0.2) is 22.8 Å². The number of Topliss-reactive ketones (excluding diaryl/α,β-unsaturated/α-hetero) is 2. The normalized spacial score (nSPS) is 18.7. The van der Waals surface area contributed by atoms with Crippen LogP contribution in [-0.4, -0.2) is 51.7 Å². The van der Waals surface area contributed by atoms with Gasteiger partial charge in [-0.05, 0) is 38.5 Å². The van der Waals surface area contributed by atoms with Gasteiger partial charge in [0.2, 0.25) is 11.7 Å². The highest BCUT2D eigenvalue weighted by Crippen LogP contribution is 2.41. The van der Waals surface area contributed by atoms with Crippen molar-refractivity contribution >= 4 is 35.2 Å². The average Bonchev–Trinajstić information content (AvgIpc) is 3.37. The van der Waals surface area contributed by atoms with Gasteiger partial charge >= 0.3 is 5.97 Å². The Morgan fingerprint density at radius 3 is 2.55 bits per heavy atom. The Bertz CT molecular complexity index is 962. The standard InChI is InChI=1S/C20H22N2O6S/c1-10-17(12(3)23)11(2)21-18(10)15(25)8-28-20(26)14-9-29-19(22(14)13(4)24)16-6-5-7-27-16/h5-7,14,19,21H,8-9H2,1-4H3/t14-,19-/m1/s1. The van der Waals surface area contributed by atoms with Gasteiger partial charge in [-0.1, -0.05) is 0 Å². The molecule has 0 spiro atoms. The lowest BCUT2D eigenvalue weighted by Crippen LogP contribution is -2.43. The summed E-state index contributed by atoms with van der Waals surface area (Å²) in [5.41, 5.74) is 1.85. The molecule has 2 aromatic rings. The third-order valence-corrected chi connectivity index (χ3v) is 6.12. The Morgan fingerprint density at radius 2 is 2.00 bits per heavy atom. The van der Waals surface area contributed by atoms with Gasteiger partial charge in [0.05, 0.1) is 12.0 Å². The second-order valence-corrected chi connectivity index (χ2v) is 7.97. The Balaban J connectivity index is 1.69. The number of ether oxygens (including phenoxy) is 1. The lowest BCUT2D eigenvalue weighted by molar-refractivity contribution is -0.152. The number of esters is 1. The van der Waals surface area contributed by atoms with E-state index in [0.717, 1.165) is 0 Å². The fourth-order valence-corrected chi connectivity index (χ4v) is 5.00. The Morgan fingerprint density at radius 1 is 1.28 bits per heavy atom. The van der Waals surface area contributed by atoms with E-state index in [1.54, 1.807) is 26.0 Å². The zero-order chi connectivity index (χ0) is 21.3. The first-order valence-corrected chi connectivity index (χ1v) is 10.1. The molecule has 3 rings (SSSR count). The molecule has 8 nitrogen and oxygen atoms in total. The van der Waals surface area contributed by atoms with E-state index in [0.29, 0.717) is 28.3 Å². The van der Waals surface area contributed by atoms with Crippen LogP contribution in [0, 0.1) is 13.8 Å². The van der Waals surface area contributed by atoms with Gasteiger partial charge in [0.25, 0.3) is 0 Å². The minimum absolute atomic E-state index is 0.142. The number of rotatable bonds is 6. The summed E-state index contributed by atoms with van der Waals surface area (Å²) >= 11 is 1.40. The van der Waals surface area contributed by atoms with Crippen molar-refractivity contribution in [3.8, 4) is 0 Å². The van der Waals surface area contributed by atoms with Crippen LogP contribution >= 0.6 is 11.8 Å². The second kappa shape index (κ2) is 8.28. The summed E-state index contributed by atoms with van der Waals surface area (Å²) in [5, 5.41) is -0.415. The van der Waals surface area contributed by atoms with Crippen molar-refractivity contribution < 1.29 is 28.3 Å². The molecule has 154 valence electrons. The van der Waals surface area contributed by atoms with E-state index in [-0.39, 0.29) is 17.4 Å². The van der Waals surface area contributed by atoms with E-state index >= 15 is 0 Å². The van der Waals surface area contributed by atoms with Crippen LogP contribution in [-0.2, 0) is 14.3 Å². The zero-order valence-corrected chi connectivity index (χ0v) is 17.4. The molecule has 3 heterocycles. The lowest BCUT2D eigenvalue weighted by atomic mass is 10.1. The number of aryl methyl sites for hydroxylation is 1. The highest BCUT2D eigenvalue weighted by atomic mass is 32.2. The van der Waals surface area contributed by atoms with Gasteiger partial charge in [0.15, 0.2) is 12.4 Å². The number of aromatic amines is 1. The van der Waals surface area contributed by atoms with Gasteiger partial charge in [-0.25, -0.2) is 4.79 Å².